The number of furan rings is 1. The highest BCUT2D eigenvalue weighted by atomic mass is 16.5. The zero-order chi connectivity index (χ0) is 16.4. The highest BCUT2D eigenvalue weighted by molar-refractivity contribution is 5.94. The van der Waals surface area contributed by atoms with Gasteiger partial charge in [-0.2, -0.15) is 0 Å². The SMILES string of the molecule is COC(=O)C=Cc1cc(O)cc2cc(-c3ccc(O)cc3)oc12. The number of esters is 1. The Morgan fingerprint density at radius 3 is 2.52 bits per heavy atom. The molecule has 0 fully saturated rings. The van der Waals surface area contributed by atoms with Crippen LogP contribution in [-0.2, 0) is 9.53 Å². The van der Waals surface area contributed by atoms with Crippen LogP contribution in [0.1, 0.15) is 5.56 Å². The second-order valence-corrected chi connectivity index (χ2v) is 4.97. The number of carbonyl (C=O) groups excluding carboxylic acids is 1. The summed E-state index contributed by atoms with van der Waals surface area (Å²) in [6.45, 7) is 0. The van der Waals surface area contributed by atoms with E-state index in [0.29, 0.717) is 22.3 Å². The Balaban J connectivity index is 2.09. The van der Waals surface area contributed by atoms with E-state index in [1.165, 1.54) is 25.3 Å². The first kappa shape index (κ1) is 14.7. The van der Waals surface area contributed by atoms with Gasteiger partial charge in [-0.3, -0.25) is 0 Å². The normalized spacial score (nSPS) is 11.2. The quantitative estimate of drug-likeness (QED) is 0.569. The van der Waals surface area contributed by atoms with Gasteiger partial charge in [0, 0.05) is 22.6 Å². The molecule has 116 valence electrons. The molecule has 0 aliphatic carbocycles. The van der Waals surface area contributed by atoms with Crippen molar-refractivity contribution in [2.45, 2.75) is 0 Å². The zero-order valence-electron chi connectivity index (χ0n) is 12.3. The van der Waals surface area contributed by atoms with Crippen molar-refractivity contribution in [1.29, 1.82) is 0 Å². The molecule has 1 heterocycles. The number of carbonyl (C=O) groups is 1. The summed E-state index contributed by atoms with van der Waals surface area (Å²) in [5, 5.41) is 19.9. The highest BCUT2D eigenvalue weighted by Crippen LogP contribution is 2.33. The third-order valence-electron chi connectivity index (χ3n) is 3.38. The average molecular weight is 310 g/mol. The van der Waals surface area contributed by atoms with E-state index in [1.54, 1.807) is 36.4 Å². The van der Waals surface area contributed by atoms with Gasteiger partial charge in [0.2, 0.25) is 0 Å². The van der Waals surface area contributed by atoms with Crippen LogP contribution in [0.25, 0.3) is 28.4 Å². The van der Waals surface area contributed by atoms with Gasteiger partial charge in [0.1, 0.15) is 22.8 Å². The standard InChI is InChI=1S/C18H14O5/c1-22-17(21)7-4-12-8-15(20)9-13-10-16(23-18(12)13)11-2-5-14(19)6-3-11/h2-10,19-20H,1H3. The molecule has 1 aromatic heterocycles. The van der Waals surface area contributed by atoms with Crippen molar-refractivity contribution < 1.29 is 24.2 Å². The first-order valence-corrected chi connectivity index (χ1v) is 6.89. The summed E-state index contributed by atoms with van der Waals surface area (Å²) in [6, 6.07) is 11.5. The summed E-state index contributed by atoms with van der Waals surface area (Å²) < 4.78 is 10.4. The lowest BCUT2D eigenvalue weighted by molar-refractivity contribution is -0.134. The van der Waals surface area contributed by atoms with Crippen LogP contribution in [0.5, 0.6) is 11.5 Å². The van der Waals surface area contributed by atoms with Crippen molar-refractivity contribution in [2.24, 2.45) is 0 Å². The third-order valence-corrected chi connectivity index (χ3v) is 3.38. The molecule has 0 atom stereocenters. The second-order valence-electron chi connectivity index (χ2n) is 4.97. The van der Waals surface area contributed by atoms with Crippen LogP contribution < -0.4 is 0 Å². The zero-order valence-corrected chi connectivity index (χ0v) is 12.3. The van der Waals surface area contributed by atoms with E-state index in [0.717, 1.165) is 5.56 Å². The molecule has 3 aromatic rings. The van der Waals surface area contributed by atoms with Gasteiger partial charge < -0.3 is 19.4 Å². The summed E-state index contributed by atoms with van der Waals surface area (Å²) in [6.07, 6.45) is 2.79. The minimum Gasteiger partial charge on any atom is -0.508 e. The molecular weight excluding hydrogens is 296 g/mol. The molecule has 0 saturated carbocycles. The van der Waals surface area contributed by atoms with E-state index in [-0.39, 0.29) is 11.5 Å². The second kappa shape index (κ2) is 5.88. The summed E-state index contributed by atoms with van der Waals surface area (Å²) in [5.74, 6) is 0.342. The van der Waals surface area contributed by atoms with Crippen LogP contribution in [0, 0.1) is 0 Å². The fourth-order valence-corrected chi connectivity index (χ4v) is 2.28. The number of ether oxygens (including phenoxy) is 1. The number of fused-ring (bicyclic) bond motifs is 1. The first-order valence-electron chi connectivity index (χ1n) is 6.89. The van der Waals surface area contributed by atoms with Crippen molar-refractivity contribution in [3.8, 4) is 22.8 Å². The van der Waals surface area contributed by atoms with Crippen LogP contribution in [0.15, 0.2) is 53.0 Å². The molecular formula is C18H14O5. The lowest BCUT2D eigenvalue weighted by Crippen LogP contribution is -1.93. The number of phenolic OH excluding ortho intramolecular Hbond substituents is 2. The van der Waals surface area contributed by atoms with Crippen molar-refractivity contribution in [1.82, 2.24) is 0 Å². The van der Waals surface area contributed by atoms with Gasteiger partial charge in [-0.25, -0.2) is 4.79 Å². The molecule has 0 amide bonds. The van der Waals surface area contributed by atoms with Crippen LogP contribution >= 0.6 is 0 Å². The molecule has 0 aliphatic rings. The van der Waals surface area contributed by atoms with Crippen molar-refractivity contribution in [3.63, 3.8) is 0 Å². The Hall–Kier alpha value is -3.21. The monoisotopic (exact) mass is 310 g/mol. The van der Waals surface area contributed by atoms with Crippen LogP contribution in [0.3, 0.4) is 0 Å². The Bertz CT molecular complexity index is 888. The number of rotatable bonds is 3. The van der Waals surface area contributed by atoms with Gasteiger partial charge in [-0.15, -0.1) is 0 Å². The molecule has 2 N–H and O–H groups in total. The third kappa shape index (κ3) is 3.03. The maximum Gasteiger partial charge on any atom is 0.330 e. The van der Waals surface area contributed by atoms with Crippen LogP contribution in [0.2, 0.25) is 0 Å². The topological polar surface area (TPSA) is 79.9 Å². The summed E-state index contributed by atoms with van der Waals surface area (Å²) >= 11 is 0. The molecule has 5 nitrogen and oxygen atoms in total. The number of benzene rings is 2. The van der Waals surface area contributed by atoms with Gasteiger partial charge in [0.15, 0.2) is 0 Å². The average Bonchev–Trinajstić information content (AvgIpc) is 2.96. The number of phenols is 2. The Labute approximate surface area is 132 Å². The Kier molecular flexibility index (Phi) is 3.76. The maximum atomic E-state index is 11.2. The predicted molar refractivity (Wildman–Crippen MR) is 86.0 cm³/mol. The van der Waals surface area contributed by atoms with Gasteiger partial charge in [0.25, 0.3) is 0 Å². The van der Waals surface area contributed by atoms with Crippen molar-refractivity contribution in [3.05, 3.63) is 54.1 Å². The van der Waals surface area contributed by atoms with Gasteiger partial charge in [-0.1, -0.05) is 0 Å². The van der Waals surface area contributed by atoms with Crippen molar-refractivity contribution in [2.75, 3.05) is 7.11 Å². The largest absolute Gasteiger partial charge is 0.508 e. The Morgan fingerprint density at radius 2 is 1.83 bits per heavy atom. The minimum absolute atomic E-state index is 0.0695. The molecule has 3 rings (SSSR count). The van der Waals surface area contributed by atoms with E-state index in [4.69, 9.17) is 4.42 Å². The first-order chi connectivity index (χ1) is 11.1. The fraction of sp³-hybridized carbons (Fsp3) is 0.0556. The molecule has 0 saturated heterocycles. The maximum absolute atomic E-state index is 11.2. The molecule has 23 heavy (non-hydrogen) atoms. The van der Waals surface area contributed by atoms with E-state index in [2.05, 4.69) is 4.74 Å². The van der Waals surface area contributed by atoms with E-state index >= 15 is 0 Å². The molecule has 0 bridgehead atoms. The summed E-state index contributed by atoms with van der Waals surface area (Å²) in [4.78, 5) is 11.2. The van der Waals surface area contributed by atoms with Gasteiger partial charge >= 0.3 is 5.97 Å². The smallest absolute Gasteiger partial charge is 0.330 e. The highest BCUT2D eigenvalue weighted by Gasteiger charge is 2.11. The van der Waals surface area contributed by atoms with Crippen LogP contribution in [-0.4, -0.2) is 23.3 Å². The Morgan fingerprint density at radius 1 is 1.09 bits per heavy atom. The molecule has 5 heteroatoms. The summed E-state index contributed by atoms with van der Waals surface area (Å²) in [5.41, 5.74) is 1.91. The van der Waals surface area contributed by atoms with E-state index < -0.39 is 5.97 Å². The summed E-state index contributed by atoms with van der Waals surface area (Å²) in [7, 11) is 1.29. The molecule has 0 unspecified atom stereocenters. The lowest BCUT2D eigenvalue weighted by Gasteiger charge is -1.99. The lowest BCUT2D eigenvalue weighted by atomic mass is 10.1. The molecule has 0 radical (unpaired) electrons. The molecule has 0 spiro atoms. The minimum atomic E-state index is -0.494. The van der Waals surface area contributed by atoms with E-state index in [1.807, 2.05) is 0 Å². The number of methoxy groups -OCH3 is 1. The predicted octanol–water partition coefficient (Wildman–Crippen LogP) is 3.70. The number of aromatic hydroxyl groups is 2. The van der Waals surface area contributed by atoms with E-state index in [9.17, 15) is 15.0 Å². The van der Waals surface area contributed by atoms with Crippen LogP contribution in [0.4, 0.5) is 0 Å². The van der Waals surface area contributed by atoms with Gasteiger partial charge in [0.05, 0.1) is 7.11 Å². The fourth-order valence-electron chi connectivity index (χ4n) is 2.28. The molecule has 2 aromatic carbocycles. The number of hydrogen-bond acceptors (Lipinski definition) is 5. The molecule has 0 aliphatic heterocycles. The van der Waals surface area contributed by atoms with Crippen molar-refractivity contribution >= 4 is 23.0 Å². The number of hydrogen-bond donors (Lipinski definition) is 2. The van der Waals surface area contributed by atoms with Gasteiger partial charge in [-0.05, 0) is 48.5 Å².